The Labute approximate surface area is 190 Å². The van der Waals surface area contributed by atoms with Crippen LogP contribution >= 0.6 is 0 Å². The van der Waals surface area contributed by atoms with E-state index in [4.69, 9.17) is 9.47 Å². The minimum atomic E-state index is -0.0449. The lowest BCUT2D eigenvalue weighted by atomic mass is 9.68. The van der Waals surface area contributed by atoms with Gasteiger partial charge in [-0.15, -0.1) is 0 Å². The van der Waals surface area contributed by atoms with E-state index in [9.17, 15) is 4.79 Å². The lowest BCUT2D eigenvalue weighted by Crippen LogP contribution is -2.30. The normalized spacial score (nSPS) is 26.4. The van der Waals surface area contributed by atoms with Crippen LogP contribution in [-0.2, 0) is 4.79 Å². The topological polar surface area (TPSA) is 35.5 Å². The summed E-state index contributed by atoms with van der Waals surface area (Å²) in [5.41, 5.74) is 0. The van der Waals surface area contributed by atoms with E-state index in [1.54, 1.807) is 0 Å². The molecule has 2 aliphatic rings. The maximum Gasteiger partial charge on any atom is 0.314 e. The number of rotatable bonds is 11. The van der Waals surface area contributed by atoms with Crippen molar-refractivity contribution in [3.05, 3.63) is 24.3 Å². The van der Waals surface area contributed by atoms with E-state index < -0.39 is 0 Å². The SMILES string of the molecule is CCCCCCC1CCC(C2CCC(C(=O)Oc3ccc(OCCC)cc3)CC2)CC1. The lowest BCUT2D eigenvalue weighted by molar-refractivity contribution is -0.140. The van der Waals surface area contributed by atoms with Gasteiger partial charge in [0.2, 0.25) is 0 Å². The molecule has 0 unspecified atom stereocenters. The van der Waals surface area contributed by atoms with E-state index in [-0.39, 0.29) is 11.9 Å². The number of hydrogen-bond acceptors (Lipinski definition) is 3. The summed E-state index contributed by atoms with van der Waals surface area (Å²) in [7, 11) is 0. The van der Waals surface area contributed by atoms with Crippen molar-refractivity contribution >= 4 is 5.97 Å². The van der Waals surface area contributed by atoms with Crippen LogP contribution in [0.3, 0.4) is 0 Å². The number of benzene rings is 1. The fourth-order valence-corrected chi connectivity index (χ4v) is 5.66. The molecule has 0 aromatic heterocycles. The van der Waals surface area contributed by atoms with Gasteiger partial charge in [0.1, 0.15) is 11.5 Å². The van der Waals surface area contributed by atoms with Crippen molar-refractivity contribution in [1.29, 1.82) is 0 Å². The third-order valence-corrected chi connectivity index (χ3v) is 7.64. The molecule has 0 atom stereocenters. The van der Waals surface area contributed by atoms with Gasteiger partial charge in [0.15, 0.2) is 0 Å². The van der Waals surface area contributed by atoms with Gasteiger partial charge in [0.05, 0.1) is 12.5 Å². The molecule has 0 saturated heterocycles. The van der Waals surface area contributed by atoms with Gasteiger partial charge in [-0.25, -0.2) is 0 Å². The molecular formula is C28H44O3. The molecule has 3 rings (SSSR count). The molecule has 2 fully saturated rings. The van der Waals surface area contributed by atoms with E-state index in [0.717, 1.165) is 42.8 Å². The molecule has 0 amide bonds. The van der Waals surface area contributed by atoms with Crippen LogP contribution in [0.1, 0.15) is 104 Å². The molecule has 0 bridgehead atoms. The van der Waals surface area contributed by atoms with Crippen LogP contribution in [0.2, 0.25) is 0 Å². The number of unbranched alkanes of at least 4 members (excludes halogenated alkanes) is 3. The van der Waals surface area contributed by atoms with Gasteiger partial charge in [-0.3, -0.25) is 4.79 Å². The average molecular weight is 429 g/mol. The Bertz CT molecular complexity index is 622. The molecule has 0 radical (unpaired) electrons. The molecule has 0 N–H and O–H groups in total. The van der Waals surface area contributed by atoms with Crippen LogP contribution in [0.5, 0.6) is 11.5 Å². The highest BCUT2D eigenvalue weighted by Crippen LogP contribution is 2.42. The van der Waals surface area contributed by atoms with Crippen molar-refractivity contribution in [3.63, 3.8) is 0 Å². The molecule has 31 heavy (non-hydrogen) atoms. The van der Waals surface area contributed by atoms with E-state index >= 15 is 0 Å². The predicted molar refractivity (Wildman–Crippen MR) is 128 cm³/mol. The summed E-state index contributed by atoms with van der Waals surface area (Å²) in [5, 5.41) is 0. The molecule has 1 aromatic carbocycles. The average Bonchev–Trinajstić information content (AvgIpc) is 2.82. The Balaban J connectivity index is 1.34. The van der Waals surface area contributed by atoms with Gasteiger partial charge in [-0.05, 0) is 87.0 Å². The second-order valence-electron chi connectivity index (χ2n) is 9.98. The Morgan fingerprint density at radius 1 is 0.774 bits per heavy atom. The van der Waals surface area contributed by atoms with Gasteiger partial charge in [0.25, 0.3) is 0 Å². The largest absolute Gasteiger partial charge is 0.494 e. The zero-order valence-corrected chi connectivity index (χ0v) is 20.0. The first-order valence-electron chi connectivity index (χ1n) is 13.1. The maximum absolute atomic E-state index is 12.6. The Morgan fingerprint density at radius 3 is 2.00 bits per heavy atom. The van der Waals surface area contributed by atoms with Crippen LogP contribution < -0.4 is 9.47 Å². The van der Waals surface area contributed by atoms with Gasteiger partial charge in [-0.2, -0.15) is 0 Å². The molecule has 1 aromatic rings. The molecule has 0 aliphatic heterocycles. The monoisotopic (exact) mass is 428 g/mol. The molecule has 3 heteroatoms. The van der Waals surface area contributed by atoms with Crippen molar-refractivity contribution in [2.75, 3.05) is 6.61 Å². The summed E-state index contributed by atoms with van der Waals surface area (Å²) in [6.45, 7) is 5.09. The maximum atomic E-state index is 12.6. The number of esters is 1. The first-order chi connectivity index (χ1) is 15.2. The van der Waals surface area contributed by atoms with Gasteiger partial charge in [0, 0.05) is 0 Å². The third-order valence-electron chi connectivity index (χ3n) is 7.64. The van der Waals surface area contributed by atoms with E-state index in [1.807, 2.05) is 24.3 Å². The Kier molecular flexibility index (Phi) is 10.2. The standard InChI is InChI=1S/C28H44O3/c1-3-5-6-7-8-22-9-11-23(12-10-22)24-13-15-25(16-14-24)28(29)31-27-19-17-26(18-20-27)30-21-4-2/h17-20,22-25H,3-16,21H2,1-2H3. The van der Waals surface area contributed by atoms with E-state index in [0.29, 0.717) is 12.4 Å². The van der Waals surface area contributed by atoms with Crippen molar-refractivity contribution in [2.24, 2.45) is 23.7 Å². The highest BCUT2D eigenvalue weighted by atomic mass is 16.5. The highest BCUT2D eigenvalue weighted by molar-refractivity contribution is 5.75. The number of carbonyl (C=O) groups excluding carboxylic acids is 1. The van der Waals surface area contributed by atoms with Gasteiger partial charge >= 0.3 is 5.97 Å². The zero-order valence-electron chi connectivity index (χ0n) is 20.0. The molecule has 0 heterocycles. The van der Waals surface area contributed by atoms with Crippen LogP contribution in [0.4, 0.5) is 0 Å². The summed E-state index contributed by atoms with van der Waals surface area (Å²) >= 11 is 0. The lowest BCUT2D eigenvalue weighted by Gasteiger charge is -2.37. The van der Waals surface area contributed by atoms with E-state index in [2.05, 4.69) is 13.8 Å². The Hall–Kier alpha value is -1.51. The summed E-state index contributed by atoms with van der Waals surface area (Å²) in [5.74, 6) is 4.21. The summed E-state index contributed by atoms with van der Waals surface area (Å²) in [6.07, 6.45) is 18.2. The van der Waals surface area contributed by atoms with Crippen LogP contribution in [0, 0.1) is 23.7 Å². The van der Waals surface area contributed by atoms with Crippen molar-refractivity contribution in [1.82, 2.24) is 0 Å². The minimum Gasteiger partial charge on any atom is -0.494 e. The molecular weight excluding hydrogens is 384 g/mol. The summed E-state index contributed by atoms with van der Waals surface area (Å²) in [6, 6.07) is 7.45. The second-order valence-corrected chi connectivity index (χ2v) is 9.98. The zero-order chi connectivity index (χ0) is 21.9. The van der Waals surface area contributed by atoms with Crippen LogP contribution in [-0.4, -0.2) is 12.6 Å². The first-order valence-corrected chi connectivity index (χ1v) is 13.1. The molecule has 174 valence electrons. The Morgan fingerprint density at radius 2 is 1.39 bits per heavy atom. The smallest absolute Gasteiger partial charge is 0.314 e. The first kappa shape index (κ1) is 24.1. The number of carbonyl (C=O) groups is 1. The second kappa shape index (κ2) is 13.1. The molecule has 3 nitrogen and oxygen atoms in total. The van der Waals surface area contributed by atoms with E-state index in [1.165, 1.54) is 70.6 Å². The fraction of sp³-hybridized carbons (Fsp3) is 0.750. The highest BCUT2D eigenvalue weighted by Gasteiger charge is 2.33. The quantitative estimate of drug-likeness (QED) is 0.204. The third kappa shape index (κ3) is 7.84. The minimum absolute atomic E-state index is 0.0449. The number of hydrogen-bond donors (Lipinski definition) is 0. The van der Waals surface area contributed by atoms with Crippen LogP contribution in [0.15, 0.2) is 24.3 Å². The summed E-state index contributed by atoms with van der Waals surface area (Å²) < 4.78 is 11.3. The molecule has 0 spiro atoms. The van der Waals surface area contributed by atoms with Gasteiger partial charge < -0.3 is 9.47 Å². The summed E-state index contributed by atoms with van der Waals surface area (Å²) in [4.78, 5) is 12.6. The fourth-order valence-electron chi connectivity index (χ4n) is 5.66. The van der Waals surface area contributed by atoms with Crippen molar-refractivity contribution in [3.8, 4) is 11.5 Å². The van der Waals surface area contributed by atoms with Crippen molar-refractivity contribution in [2.45, 2.75) is 104 Å². The van der Waals surface area contributed by atoms with Gasteiger partial charge in [-0.1, -0.05) is 58.8 Å². The molecule has 2 aliphatic carbocycles. The van der Waals surface area contributed by atoms with Crippen LogP contribution in [0.25, 0.3) is 0 Å². The molecule has 2 saturated carbocycles. The predicted octanol–water partition coefficient (Wildman–Crippen LogP) is 7.96. The van der Waals surface area contributed by atoms with Crippen molar-refractivity contribution < 1.29 is 14.3 Å². The number of ether oxygens (including phenoxy) is 2.